The van der Waals surface area contributed by atoms with Crippen molar-refractivity contribution >= 4 is 17.8 Å². The highest BCUT2D eigenvalue weighted by atomic mass is 31.2. The second-order valence-corrected chi connectivity index (χ2v) is 16.3. The molecule has 6 aromatic rings. The lowest BCUT2D eigenvalue weighted by molar-refractivity contribution is -0.185. The van der Waals surface area contributed by atoms with Crippen LogP contribution in [0.3, 0.4) is 0 Å². The average Bonchev–Trinajstić information content (AvgIpc) is 3.52. The molecule has 276 valence electrons. The molecule has 6 aromatic carbocycles. The van der Waals surface area contributed by atoms with Crippen molar-refractivity contribution in [3.05, 3.63) is 204 Å². The molecule has 7 nitrogen and oxygen atoms in total. The molecule has 0 aromatic heterocycles. The average molecular weight is 740 g/mol. The SMILES string of the molecule is O=P(c1ccccc1)(c1ccccc1)C1[C@H](OCc2ccccc2)[C@@H](OCc2ccccc2)[C@H]([C@@H](COCc2ccccc2)OCc2ccccc2)N1O. The molecule has 0 amide bonds. The van der Waals surface area contributed by atoms with E-state index in [-0.39, 0.29) is 26.4 Å². The maximum atomic E-state index is 16.2. The Morgan fingerprint density at radius 2 is 0.870 bits per heavy atom. The minimum absolute atomic E-state index is 0.133. The molecule has 0 saturated carbocycles. The molecule has 0 aliphatic carbocycles. The van der Waals surface area contributed by atoms with Gasteiger partial charge >= 0.3 is 0 Å². The number of nitrogens with zero attached hydrogens (tertiary/aromatic N) is 1. The van der Waals surface area contributed by atoms with E-state index in [1.807, 2.05) is 182 Å². The van der Waals surface area contributed by atoms with Gasteiger partial charge in [-0.1, -0.05) is 182 Å². The molecule has 1 aliphatic rings. The number of hydroxylamine groups is 2. The Morgan fingerprint density at radius 3 is 1.31 bits per heavy atom. The Labute approximate surface area is 318 Å². The van der Waals surface area contributed by atoms with E-state index >= 15 is 4.57 Å². The monoisotopic (exact) mass is 739 g/mol. The fourth-order valence-electron chi connectivity index (χ4n) is 7.15. The molecule has 8 heteroatoms. The summed E-state index contributed by atoms with van der Waals surface area (Å²) in [4.78, 5) is 0. The highest BCUT2D eigenvalue weighted by Gasteiger charge is 2.60. The van der Waals surface area contributed by atoms with Crippen LogP contribution in [0.4, 0.5) is 0 Å². The van der Waals surface area contributed by atoms with E-state index in [9.17, 15) is 5.21 Å². The second kappa shape index (κ2) is 18.6. The van der Waals surface area contributed by atoms with Gasteiger partial charge in [0.25, 0.3) is 0 Å². The first-order valence-corrected chi connectivity index (χ1v) is 20.2. The molecule has 1 saturated heterocycles. The summed E-state index contributed by atoms with van der Waals surface area (Å²) in [6, 6.07) is 57.6. The molecule has 0 radical (unpaired) electrons. The van der Waals surface area contributed by atoms with E-state index in [0.717, 1.165) is 22.3 Å². The van der Waals surface area contributed by atoms with E-state index in [0.29, 0.717) is 17.2 Å². The molecule has 0 bridgehead atoms. The minimum Gasteiger partial charge on any atom is -0.374 e. The lowest BCUT2D eigenvalue weighted by Crippen LogP contribution is -2.49. The molecule has 1 fully saturated rings. The van der Waals surface area contributed by atoms with Crippen LogP contribution in [0, 0.1) is 0 Å². The zero-order valence-electron chi connectivity index (χ0n) is 30.1. The van der Waals surface area contributed by atoms with Crippen molar-refractivity contribution in [1.29, 1.82) is 0 Å². The predicted molar refractivity (Wildman–Crippen MR) is 212 cm³/mol. The van der Waals surface area contributed by atoms with Crippen LogP contribution in [-0.4, -0.2) is 47.0 Å². The van der Waals surface area contributed by atoms with Crippen molar-refractivity contribution in [3.63, 3.8) is 0 Å². The fraction of sp³-hybridized carbons (Fsp3) is 0.217. The van der Waals surface area contributed by atoms with Gasteiger partial charge in [-0.2, -0.15) is 5.06 Å². The van der Waals surface area contributed by atoms with Crippen molar-refractivity contribution in [1.82, 2.24) is 5.06 Å². The topological polar surface area (TPSA) is 77.5 Å². The minimum atomic E-state index is -3.69. The van der Waals surface area contributed by atoms with E-state index in [4.69, 9.17) is 18.9 Å². The molecule has 1 heterocycles. The third kappa shape index (κ3) is 8.98. The molecule has 7 rings (SSSR count). The number of ether oxygens (including phenoxy) is 4. The summed E-state index contributed by atoms with van der Waals surface area (Å²) >= 11 is 0. The number of hydrogen-bond donors (Lipinski definition) is 1. The van der Waals surface area contributed by atoms with Gasteiger partial charge in [-0.05, 0) is 22.3 Å². The smallest absolute Gasteiger partial charge is 0.164 e. The first-order chi connectivity index (χ1) is 26.6. The summed E-state index contributed by atoms with van der Waals surface area (Å²) in [7, 11) is -3.69. The lowest BCUT2D eigenvalue weighted by Gasteiger charge is -2.34. The number of benzene rings is 6. The maximum Gasteiger partial charge on any atom is 0.164 e. The number of rotatable bonds is 17. The largest absolute Gasteiger partial charge is 0.374 e. The van der Waals surface area contributed by atoms with Gasteiger partial charge < -0.3 is 28.7 Å². The standard InChI is InChI=1S/C46H46NO6P/c48-47-43(42(51-32-37-21-9-2-10-22-37)35-50-31-36-19-7-1-8-20-36)44(52-33-38-23-11-3-12-24-38)45(53-34-39-25-13-4-14-26-39)46(47)54(49,40-27-15-5-16-28-40)41-29-17-6-18-30-41/h1-30,42-46,48H,31-35H2/t42-,43+,44+,45-,46?/m1/s1. The van der Waals surface area contributed by atoms with Gasteiger partial charge in [0.05, 0.1) is 39.1 Å². The molecule has 1 N–H and O–H groups in total. The number of hydrogen-bond acceptors (Lipinski definition) is 7. The van der Waals surface area contributed by atoms with Crippen molar-refractivity contribution in [2.45, 2.75) is 56.6 Å². The summed E-state index contributed by atoms with van der Waals surface area (Å²) in [5.74, 6) is -1.03. The van der Waals surface area contributed by atoms with Crippen molar-refractivity contribution < 1.29 is 28.7 Å². The van der Waals surface area contributed by atoms with Crippen molar-refractivity contribution in [3.8, 4) is 0 Å². The molecule has 1 aliphatic heterocycles. The van der Waals surface area contributed by atoms with Gasteiger partial charge in [-0.3, -0.25) is 0 Å². The second-order valence-electron chi connectivity index (χ2n) is 13.5. The third-order valence-corrected chi connectivity index (χ3v) is 13.2. The Bertz CT molecular complexity index is 1980. The van der Waals surface area contributed by atoms with Crippen molar-refractivity contribution in [2.75, 3.05) is 6.61 Å². The van der Waals surface area contributed by atoms with Crippen LogP contribution >= 0.6 is 7.14 Å². The van der Waals surface area contributed by atoms with E-state index in [1.54, 1.807) is 0 Å². The summed E-state index contributed by atoms with van der Waals surface area (Å²) in [6.07, 6.45) is -2.36. The fourth-order valence-corrected chi connectivity index (χ4v) is 10.4. The van der Waals surface area contributed by atoms with E-state index in [2.05, 4.69) is 0 Å². The Morgan fingerprint density at radius 1 is 0.500 bits per heavy atom. The van der Waals surface area contributed by atoms with Crippen LogP contribution in [-0.2, 0) is 49.9 Å². The van der Waals surface area contributed by atoms with E-state index < -0.39 is 37.3 Å². The lowest BCUT2D eigenvalue weighted by atomic mass is 10.0. The Hall–Kier alpha value is -4.69. The van der Waals surface area contributed by atoms with Gasteiger partial charge in [0.15, 0.2) is 7.14 Å². The molecular formula is C46H46NO6P. The molecule has 0 spiro atoms. The van der Waals surface area contributed by atoms with Crippen LogP contribution in [0.5, 0.6) is 0 Å². The molecular weight excluding hydrogens is 693 g/mol. The zero-order chi connectivity index (χ0) is 37.0. The maximum absolute atomic E-state index is 16.2. The Kier molecular flexibility index (Phi) is 12.9. The zero-order valence-corrected chi connectivity index (χ0v) is 31.0. The molecule has 54 heavy (non-hydrogen) atoms. The summed E-state index contributed by atoms with van der Waals surface area (Å²) in [5.41, 5.74) is 3.90. The van der Waals surface area contributed by atoms with Crippen LogP contribution in [0.25, 0.3) is 0 Å². The van der Waals surface area contributed by atoms with Gasteiger partial charge in [-0.15, -0.1) is 0 Å². The summed E-state index contributed by atoms with van der Waals surface area (Å²) in [5, 5.41) is 15.2. The summed E-state index contributed by atoms with van der Waals surface area (Å²) in [6.45, 7) is 1.21. The van der Waals surface area contributed by atoms with Gasteiger partial charge in [0, 0.05) is 10.6 Å². The van der Waals surface area contributed by atoms with Gasteiger partial charge in [0.1, 0.15) is 24.1 Å². The highest BCUT2D eigenvalue weighted by Crippen LogP contribution is 2.56. The normalized spacial score (nSPS) is 19.4. The Balaban J connectivity index is 1.33. The van der Waals surface area contributed by atoms with Crippen molar-refractivity contribution in [2.24, 2.45) is 0 Å². The van der Waals surface area contributed by atoms with Gasteiger partial charge in [0.2, 0.25) is 0 Å². The summed E-state index contributed by atoms with van der Waals surface area (Å²) < 4.78 is 43.1. The van der Waals surface area contributed by atoms with E-state index in [1.165, 1.54) is 5.06 Å². The third-order valence-electron chi connectivity index (χ3n) is 9.83. The van der Waals surface area contributed by atoms with Gasteiger partial charge in [-0.25, -0.2) is 0 Å². The molecule has 1 unspecified atom stereocenters. The van der Waals surface area contributed by atoms with Crippen LogP contribution in [0.15, 0.2) is 182 Å². The predicted octanol–water partition coefficient (Wildman–Crippen LogP) is 8.37. The molecule has 5 atom stereocenters. The first-order valence-electron chi connectivity index (χ1n) is 18.4. The van der Waals surface area contributed by atoms with Crippen LogP contribution < -0.4 is 10.6 Å². The van der Waals surface area contributed by atoms with Crippen LogP contribution in [0.1, 0.15) is 22.3 Å². The quantitative estimate of drug-likeness (QED) is 0.0943. The highest BCUT2D eigenvalue weighted by molar-refractivity contribution is 7.79. The van der Waals surface area contributed by atoms with Crippen LogP contribution in [0.2, 0.25) is 0 Å². The first kappa shape index (κ1) is 37.6.